The zero-order valence-corrected chi connectivity index (χ0v) is 20.2. The summed E-state index contributed by atoms with van der Waals surface area (Å²) in [5.74, 6) is -1.41. The van der Waals surface area contributed by atoms with Crippen molar-refractivity contribution in [3.8, 4) is 23.1 Å². The molecule has 1 aliphatic carbocycles. The second-order valence-electron chi connectivity index (χ2n) is 9.51. The van der Waals surface area contributed by atoms with Gasteiger partial charge in [0.25, 0.3) is 5.91 Å². The Morgan fingerprint density at radius 3 is 2.78 bits per heavy atom. The molecule has 1 saturated heterocycles. The lowest BCUT2D eigenvalue weighted by atomic mass is 10.0. The van der Waals surface area contributed by atoms with Crippen molar-refractivity contribution in [3.63, 3.8) is 0 Å². The van der Waals surface area contributed by atoms with E-state index in [0.29, 0.717) is 30.0 Å². The summed E-state index contributed by atoms with van der Waals surface area (Å²) in [7, 11) is 0. The third-order valence-electron chi connectivity index (χ3n) is 6.83. The number of nitrogen functional groups attached to an aromatic ring is 1. The van der Waals surface area contributed by atoms with Gasteiger partial charge in [-0.15, -0.1) is 0 Å². The van der Waals surface area contributed by atoms with Crippen LogP contribution in [0.25, 0.3) is 11.3 Å². The highest BCUT2D eigenvalue weighted by Gasteiger charge is 2.27. The van der Waals surface area contributed by atoms with Crippen LogP contribution >= 0.6 is 0 Å². The lowest BCUT2D eigenvalue weighted by molar-refractivity contribution is 0.102. The minimum absolute atomic E-state index is 0.0539. The molecule has 1 aromatic heterocycles. The van der Waals surface area contributed by atoms with Gasteiger partial charge in [0.05, 0.1) is 17.6 Å². The molecule has 10 heteroatoms. The molecule has 8 nitrogen and oxygen atoms in total. The Morgan fingerprint density at radius 2 is 2.08 bits per heavy atom. The smallest absolute Gasteiger partial charge is 0.258 e. The van der Waals surface area contributed by atoms with Gasteiger partial charge in [0.2, 0.25) is 0 Å². The molecule has 1 saturated carbocycles. The van der Waals surface area contributed by atoms with Crippen molar-refractivity contribution in [1.82, 2.24) is 15.3 Å². The van der Waals surface area contributed by atoms with E-state index in [1.165, 1.54) is 30.6 Å². The molecule has 0 spiro atoms. The van der Waals surface area contributed by atoms with Crippen molar-refractivity contribution >= 4 is 17.4 Å². The quantitative estimate of drug-likeness (QED) is 0.437. The van der Waals surface area contributed by atoms with Crippen LogP contribution in [0, 0.1) is 35.8 Å². The topological polar surface area (TPSA) is 126 Å². The minimum atomic E-state index is -0.683. The number of benzene rings is 2. The number of hydrogen-bond acceptors (Lipinski definition) is 7. The fourth-order valence-electron chi connectivity index (χ4n) is 4.58. The number of nitrogens with zero attached hydrogens (tertiary/aromatic N) is 3. The Bertz CT molecular complexity index is 1400. The lowest BCUT2D eigenvalue weighted by Gasteiger charge is -2.18. The van der Waals surface area contributed by atoms with E-state index >= 15 is 0 Å². The number of nitriles is 1. The number of nitrogens with two attached hydrogens (primary N) is 1. The molecule has 2 heterocycles. The molecule has 1 aliphatic heterocycles. The van der Waals surface area contributed by atoms with E-state index in [2.05, 4.69) is 26.7 Å². The van der Waals surface area contributed by atoms with Crippen molar-refractivity contribution in [2.75, 3.05) is 24.2 Å². The van der Waals surface area contributed by atoms with Crippen LogP contribution in [0.1, 0.15) is 46.7 Å². The molecule has 2 fully saturated rings. The van der Waals surface area contributed by atoms with Gasteiger partial charge in [-0.25, -0.2) is 18.7 Å². The summed E-state index contributed by atoms with van der Waals surface area (Å²) in [5.41, 5.74) is 8.11. The summed E-state index contributed by atoms with van der Waals surface area (Å²) in [6.07, 6.45) is 3.92. The minimum Gasteiger partial charge on any atom is -0.486 e. The largest absolute Gasteiger partial charge is 0.486 e. The fourth-order valence-corrected chi connectivity index (χ4v) is 4.58. The predicted molar refractivity (Wildman–Crippen MR) is 134 cm³/mol. The normalized spacial score (nSPS) is 18.9. The standard InChI is InChI=1S/C27H26F2N6O2/c1-14-21(24-25(26(31)34-13-33-24)37-12-19-6-15(10-30)11-32-19)8-18(28)9-23(14)35-27(36)20-5-4-17(7-22(20)29)16-2-3-16/h4-5,7-9,13,15-16,19,32H,2-3,6,11-12H2,1H3,(H,35,36)(H2,31,33,34). The lowest BCUT2D eigenvalue weighted by Crippen LogP contribution is -2.28. The van der Waals surface area contributed by atoms with Crippen molar-refractivity contribution in [2.45, 2.75) is 38.1 Å². The first-order chi connectivity index (χ1) is 17.8. The second kappa shape index (κ2) is 10.1. The summed E-state index contributed by atoms with van der Waals surface area (Å²) >= 11 is 0. The van der Waals surface area contributed by atoms with Crippen LogP contribution in [-0.2, 0) is 0 Å². The number of anilines is 2. The van der Waals surface area contributed by atoms with Crippen molar-refractivity contribution < 1.29 is 18.3 Å². The maximum atomic E-state index is 14.7. The van der Waals surface area contributed by atoms with Crippen LogP contribution in [0.5, 0.6) is 5.75 Å². The summed E-state index contributed by atoms with van der Waals surface area (Å²) in [6, 6.07) is 9.22. The summed E-state index contributed by atoms with van der Waals surface area (Å²) in [4.78, 5) is 21.2. The molecule has 190 valence electrons. The van der Waals surface area contributed by atoms with Gasteiger partial charge in [-0.05, 0) is 67.5 Å². The summed E-state index contributed by atoms with van der Waals surface area (Å²) in [5, 5.41) is 15.0. The second-order valence-corrected chi connectivity index (χ2v) is 9.51. The Balaban J connectivity index is 1.41. The highest BCUT2D eigenvalue weighted by molar-refractivity contribution is 6.05. The van der Waals surface area contributed by atoms with Gasteiger partial charge < -0.3 is 21.1 Å². The molecular formula is C27H26F2N6O2. The molecule has 0 radical (unpaired) electrons. The Kier molecular flexibility index (Phi) is 6.72. The number of nitrogens with one attached hydrogen (secondary N) is 2. The number of hydrogen-bond donors (Lipinski definition) is 3. The first-order valence-electron chi connectivity index (χ1n) is 12.1. The Hall–Kier alpha value is -4.10. The number of aromatic nitrogens is 2. The monoisotopic (exact) mass is 504 g/mol. The van der Waals surface area contributed by atoms with E-state index in [0.717, 1.165) is 18.4 Å². The van der Waals surface area contributed by atoms with Crippen LogP contribution in [-0.4, -0.2) is 35.1 Å². The maximum absolute atomic E-state index is 14.7. The molecule has 2 unspecified atom stereocenters. The summed E-state index contributed by atoms with van der Waals surface area (Å²) in [6.45, 7) is 2.49. The first kappa shape index (κ1) is 24.6. The van der Waals surface area contributed by atoms with Crippen LogP contribution in [0.3, 0.4) is 0 Å². The number of ether oxygens (including phenoxy) is 1. The van der Waals surface area contributed by atoms with E-state index in [-0.39, 0.29) is 47.1 Å². The SMILES string of the molecule is Cc1c(NC(=O)c2ccc(C3CC3)cc2F)cc(F)cc1-c1ncnc(N)c1OCC1CC(C#N)CN1. The van der Waals surface area contributed by atoms with Gasteiger partial charge in [0.15, 0.2) is 11.6 Å². The number of carbonyl (C=O) groups is 1. The van der Waals surface area contributed by atoms with Crippen LogP contribution in [0.4, 0.5) is 20.3 Å². The molecule has 5 rings (SSSR count). The fraction of sp³-hybridized carbons (Fsp3) is 0.333. The third kappa shape index (κ3) is 5.22. The van der Waals surface area contributed by atoms with Gasteiger partial charge in [-0.3, -0.25) is 4.79 Å². The first-order valence-corrected chi connectivity index (χ1v) is 12.1. The van der Waals surface area contributed by atoms with E-state index in [4.69, 9.17) is 15.7 Å². The van der Waals surface area contributed by atoms with Gasteiger partial charge in [-0.1, -0.05) is 6.07 Å². The molecule has 3 aromatic rings. The van der Waals surface area contributed by atoms with Crippen molar-refractivity contribution in [1.29, 1.82) is 5.26 Å². The molecule has 2 atom stereocenters. The van der Waals surface area contributed by atoms with Crippen LogP contribution < -0.4 is 21.1 Å². The van der Waals surface area contributed by atoms with E-state index in [1.54, 1.807) is 13.0 Å². The maximum Gasteiger partial charge on any atom is 0.258 e. The molecule has 2 aromatic carbocycles. The van der Waals surface area contributed by atoms with Gasteiger partial charge in [0, 0.05) is 23.8 Å². The molecule has 2 aliphatic rings. The van der Waals surface area contributed by atoms with Crippen LogP contribution in [0.15, 0.2) is 36.7 Å². The predicted octanol–water partition coefficient (Wildman–Crippen LogP) is 4.32. The molecule has 4 N–H and O–H groups in total. The van der Waals surface area contributed by atoms with Gasteiger partial charge in [0.1, 0.15) is 30.3 Å². The van der Waals surface area contributed by atoms with Crippen molar-refractivity contribution in [2.24, 2.45) is 5.92 Å². The third-order valence-corrected chi connectivity index (χ3v) is 6.83. The zero-order chi connectivity index (χ0) is 26.1. The average molecular weight is 505 g/mol. The average Bonchev–Trinajstić information content (AvgIpc) is 3.63. The Labute approximate surface area is 212 Å². The van der Waals surface area contributed by atoms with Crippen molar-refractivity contribution in [3.05, 3.63) is 65.0 Å². The molecular weight excluding hydrogens is 478 g/mol. The highest BCUT2D eigenvalue weighted by Crippen LogP contribution is 2.40. The highest BCUT2D eigenvalue weighted by atomic mass is 19.1. The van der Waals surface area contributed by atoms with Gasteiger partial charge in [-0.2, -0.15) is 5.26 Å². The van der Waals surface area contributed by atoms with E-state index < -0.39 is 17.5 Å². The van der Waals surface area contributed by atoms with E-state index in [1.807, 2.05) is 0 Å². The molecule has 1 amide bonds. The zero-order valence-electron chi connectivity index (χ0n) is 20.2. The van der Waals surface area contributed by atoms with Crippen LogP contribution in [0.2, 0.25) is 0 Å². The molecule has 37 heavy (non-hydrogen) atoms. The molecule has 0 bridgehead atoms. The number of rotatable bonds is 7. The number of halogens is 2. The van der Waals surface area contributed by atoms with E-state index in [9.17, 15) is 13.6 Å². The summed E-state index contributed by atoms with van der Waals surface area (Å²) < 4.78 is 35.4. The Morgan fingerprint density at radius 1 is 1.27 bits per heavy atom. The van der Waals surface area contributed by atoms with Gasteiger partial charge >= 0.3 is 0 Å². The number of carbonyl (C=O) groups excluding carboxylic acids is 1. The number of amides is 1.